The van der Waals surface area contributed by atoms with E-state index in [4.69, 9.17) is 36.3 Å². The second kappa shape index (κ2) is 14.5. The lowest BCUT2D eigenvalue weighted by atomic mass is 9.77. The highest BCUT2D eigenvalue weighted by atomic mass is 35.5. The van der Waals surface area contributed by atoms with Crippen molar-refractivity contribution < 1.29 is 37.6 Å². The fraction of sp³-hybridized carbons (Fsp3) is 0.500. The fourth-order valence-electron chi connectivity index (χ4n) is 7.40. The Kier molecular flexibility index (Phi) is 10.5. The highest BCUT2D eigenvalue weighted by molar-refractivity contribution is 6.34. The van der Waals surface area contributed by atoms with Crippen LogP contribution in [0.25, 0.3) is 11.1 Å². The molecule has 6 rings (SSSR count). The Morgan fingerprint density at radius 1 is 1.12 bits per heavy atom. The summed E-state index contributed by atoms with van der Waals surface area (Å²) in [6, 6.07) is 13.6. The van der Waals surface area contributed by atoms with Gasteiger partial charge in [-0.3, -0.25) is 4.79 Å². The number of benzene rings is 3. The molecule has 11 heteroatoms. The van der Waals surface area contributed by atoms with Crippen molar-refractivity contribution in [1.29, 1.82) is 0 Å². The third kappa shape index (κ3) is 7.30. The van der Waals surface area contributed by atoms with Crippen LogP contribution in [-0.4, -0.2) is 54.8 Å². The third-order valence-corrected chi connectivity index (χ3v) is 10.6. The molecule has 4 atom stereocenters. The minimum Gasteiger partial charge on any atom is -0.488 e. The molecule has 1 saturated heterocycles. The Bertz CT molecular complexity index is 1660. The molecule has 0 bridgehead atoms. The van der Waals surface area contributed by atoms with E-state index in [1.165, 1.54) is 18.2 Å². The predicted molar refractivity (Wildman–Crippen MR) is 183 cm³/mol. The summed E-state index contributed by atoms with van der Waals surface area (Å²) in [5.41, 5.74) is 4.90. The number of hydrogen-bond acceptors (Lipinski definition) is 7. The zero-order valence-electron chi connectivity index (χ0n) is 28.2. The van der Waals surface area contributed by atoms with Gasteiger partial charge in [0.15, 0.2) is 23.5 Å². The fourth-order valence-corrected chi connectivity index (χ4v) is 7.65. The lowest BCUT2D eigenvalue weighted by Gasteiger charge is -2.38. The standard InChI is InChI=1S/C38H45ClF2N2O6/c1-22(48-30-11-7-8-18-46-30)20-47-28-13-12-26(36(42)44)32(35(28)41)33-31-23(2)38(24-9-5-4-6-10-24,49-29(31)19-27(40)34(33)39)21-43-25-14-16-37(3,45)17-15-25/h4-6,9-10,12-13,19,22-23,25,30,43,45H,7-8,11,14-18,20-21H2,1-3H3,(H2,42,44)/t22-,23-,25?,30?,37?,38-/m0/s1. The summed E-state index contributed by atoms with van der Waals surface area (Å²) in [4.78, 5) is 12.8. The summed E-state index contributed by atoms with van der Waals surface area (Å²) in [6.45, 7) is 6.55. The van der Waals surface area contributed by atoms with Crippen molar-refractivity contribution in [2.45, 2.75) is 101 Å². The molecular weight excluding hydrogens is 654 g/mol. The van der Waals surface area contributed by atoms with Gasteiger partial charge in [-0.1, -0.05) is 48.9 Å². The van der Waals surface area contributed by atoms with Crippen molar-refractivity contribution in [2.75, 3.05) is 19.8 Å². The van der Waals surface area contributed by atoms with Crippen molar-refractivity contribution in [2.24, 2.45) is 5.73 Å². The van der Waals surface area contributed by atoms with E-state index in [2.05, 4.69) is 5.32 Å². The number of nitrogens with one attached hydrogen (secondary N) is 1. The first-order valence-corrected chi connectivity index (χ1v) is 17.5. The molecule has 8 nitrogen and oxygen atoms in total. The van der Waals surface area contributed by atoms with Crippen LogP contribution in [0.5, 0.6) is 11.5 Å². The SMILES string of the molecule is C[C@@H](COc1ccc(C(N)=O)c(-c2c(Cl)c(F)cc3c2[C@H](C)[C@@](CNC2CCC(C)(O)CC2)(c2ccccc2)O3)c1F)OC1CCCCO1. The van der Waals surface area contributed by atoms with Crippen LogP contribution in [-0.2, 0) is 15.1 Å². The molecule has 1 unspecified atom stereocenters. The van der Waals surface area contributed by atoms with Crippen molar-refractivity contribution in [1.82, 2.24) is 5.32 Å². The Morgan fingerprint density at radius 2 is 1.86 bits per heavy atom. The molecule has 0 aromatic heterocycles. The number of aliphatic hydroxyl groups is 1. The van der Waals surface area contributed by atoms with E-state index in [1.54, 1.807) is 6.92 Å². The van der Waals surface area contributed by atoms with Crippen molar-refractivity contribution >= 4 is 17.5 Å². The number of ether oxygens (including phenoxy) is 4. The molecule has 49 heavy (non-hydrogen) atoms. The average molecular weight is 699 g/mol. The van der Waals surface area contributed by atoms with Gasteiger partial charge < -0.3 is 35.1 Å². The summed E-state index contributed by atoms with van der Waals surface area (Å²) >= 11 is 6.71. The van der Waals surface area contributed by atoms with E-state index in [0.29, 0.717) is 31.6 Å². The molecule has 3 aromatic carbocycles. The summed E-state index contributed by atoms with van der Waals surface area (Å²) in [7, 11) is 0. The maximum Gasteiger partial charge on any atom is 0.249 e. The summed E-state index contributed by atoms with van der Waals surface area (Å²) in [6.07, 6.45) is 4.85. The number of rotatable bonds is 11. The average Bonchev–Trinajstić information content (AvgIpc) is 3.36. The van der Waals surface area contributed by atoms with Gasteiger partial charge >= 0.3 is 0 Å². The van der Waals surface area contributed by atoms with E-state index in [-0.39, 0.29) is 52.2 Å². The molecule has 0 radical (unpaired) electrons. The zero-order valence-corrected chi connectivity index (χ0v) is 29.0. The molecule has 2 aliphatic heterocycles. The lowest BCUT2D eigenvalue weighted by Crippen LogP contribution is -2.49. The van der Waals surface area contributed by atoms with Crippen LogP contribution in [0.15, 0.2) is 48.5 Å². The van der Waals surface area contributed by atoms with Gasteiger partial charge in [-0.05, 0) is 76.5 Å². The smallest absolute Gasteiger partial charge is 0.249 e. The van der Waals surface area contributed by atoms with Crippen LogP contribution in [0.4, 0.5) is 8.78 Å². The van der Waals surface area contributed by atoms with Gasteiger partial charge in [-0.15, -0.1) is 0 Å². The minimum absolute atomic E-state index is 0.0000287. The zero-order chi connectivity index (χ0) is 34.9. The van der Waals surface area contributed by atoms with E-state index in [0.717, 1.165) is 37.7 Å². The van der Waals surface area contributed by atoms with Crippen LogP contribution in [0, 0.1) is 11.6 Å². The van der Waals surface area contributed by atoms with Crippen LogP contribution in [0.3, 0.4) is 0 Å². The molecule has 3 aromatic rings. The largest absolute Gasteiger partial charge is 0.488 e. The van der Waals surface area contributed by atoms with Gasteiger partial charge in [0.2, 0.25) is 5.91 Å². The Balaban J connectivity index is 1.37. The predicted octanol–water partition coefficient (Wildman–Crippen LogP) is 7.37. The third-order valence-electron chi connectivity index (χ3n) is 10.2. The lowest BCUT2D eigenvalue weighted by molar-refractivity contribution is -0.189. The summed E-state index contributed by atoms with van der Waals surface area (Å²) in [5.74, 6) is -3.10. The quantitative estimate of drug-likeness (QED) is 0.192. The first-order chi connectivity index (χ1) is 23.4. The second-order valence-corrected chi connectivity index (χ2v) is 14.3. The number of carbonyl (C=O) groups excluding carboxylic acids is 1. The van der Waals surface area contributed by atoms with Gasteiger partial charge in [0.05, 0.1) is 22.3 Å². The van der Waals surface area contributed by atoms with E-state index in [9.17, 15) is 9.90 Å². The summed E-state index contributed by atoms with van der Waals surface area (Å²) < 4.78 is 56.7. The topological polar surface area (TPSA) is 112 Å². The highest BCUT2D eigenvalue weighted by Crippen LogP contribution is 2.56. The molecule has 264 valence electrons. The summed E-state index contributed by atoms with van der Waals surface area (Å²) in [5, 5.41) is 13.8. The maximum absolute atomic E-state index is 16.7. The molecule has 3 aliphatic rings. The molecule has 0 spiro atoms. The van der Waals surface area contributed by atoms with Crippen molar-refractivity contribution in [3.8, 4) is 22.6 Å². The Morgan fingerprint density at radius 3 is 2.53 bits per heavy atom. The van der Waals surface area contributed by atoms with E-state index in [1.807, 2.05) is 44.2 Å². The van der Waals surface area contributed by atoms with Crippen molar-refractivity contribution in [3.63, 3.8) is 0 Å². The molecular formula is C38H45ClF2N2O6. The van der Waals surface area contributed by atoms with Crippen LogP contribution in [0.2, 0.25) is 5.02 Å². The van der Waals surface area contributed by atoms with Gasteiger partial charge in [0, 0.05) is 47.9 Å². The molecule has 1 aliphatic carbocycles. The van der Waals surface area contributed by atoms with Crippen LogP contribution >= 0.6 is 11.6 Å². The molecule has 1 amide bonds. The van der Waals surface area contributed by atoms with Crippen LogP contribution < -0.4 is 20.5 Å². The number of carbonyl (C=O) groups is 1. The van der Waals surface area contributed by atoms with E-state index >= 15 is 8.78 Å². The number of nitrogens with two attached hydrogens (primary N) is 1. The van der Waals surface area contributed by atoms with Gasteiger partial charge in [0.25, 0.3) is 0 Å². The Hall–Kier alpha value is -3.28. The molecule has 2 fully saturated rings. The van der Waals surface area contributed by atoms with Gasteiger partial charge in [-0.25, -0.2) is 8.78 Å². The van der Waals surface area contributed by atoms with E-state index < -0.39 is 40.8 Å². The number of primary amides is 1. The first kappa shape index (κ1) is 35.5. The number of amides is 1. The van der Waals surface area contributed by atoms with Gasteiger partial charge in [-0.2, -0.15) is 0 Å². The minimum atomic E-state index is -1.04. The number of hydrogen-bond donors (Lipinski definition) is 3. The number of fused-ring (bicyclic) bond motifs is 1. The maximum atomic E-state index is 16.7. The monoisotopic (exact) mass is 698 g/mol. The van der Waals surface area contributed by atoms with Gasteiger partial charge in [0.1, 0.15) is 18.2 Å². The normalized spacial score (nSPS) is 27.3. The van der Waals surface area contributed by atoms with Crippen molar-refractivity contribution in [3.05, 3.63) is 81.9 Å². The first-order valence-electron chi connectivity index (χ1n) is 17.1. The highest BCUT2D eigenvalue weighted by Gasteiger charge is 2.50. The molecule has 2 heterocycles. The number of halogens is 3. The van der Waals surface area contributed by atoms with Crippen LogP contribution in [0.1, 0.15) is 93.1 Å². The molecule has 4 N–H and O–H groups in total. The second-order valence-electron chi connectivity index (χ2n) is 13.9. The Labute approximate surface area is 291 Å². The molecule has 1 saturated carbocycles.